The maximum Gasteiger partial charge on any atom is 0.266 e. The van der Waals surface area contributed by atoms with Gasteiger partial charge in [0.2, 0.25) is 5.89 Å². The van der Waals surface area contributed by atoms with Crippen molar-refractivity contribution in [1.29, 1.82) is 0 Å². The second kappa shape index (κ2) is 5.82. The number of phenols is 1. The maximum absolute atomic E-state index is 9.33. The number of aromatic hydroxyl groups is 1. The van der Waals surface area contributed by atoms with Crippen LogP contribution in [0.1, 0.15) is 0 Å². The zero-order valence-electron chi connectivity index (χ0n) is 12.3. The molecule has 118 valence electrons. The van der Waals surface area contributed by atoms with E-state index in [0.717, 1.165) is 16.8 Å². The summed E-state index contributed by atoms with van der Waals surface area (Å²) in [5, 5.41) is 25.2. The van der Waals surface area contributed by atoms with Gasteiger partial charge < -0.3 is 9.52 Å². The van der Waals surface area contributed by atoms with Crippen molar-refractivity contribution in [3.63, 3.8) is 0 Å². The van der Waals surface area contributed by atoms with E-state index in [1.165, 1.54) is 0 Å². The van der Waals surface area contributed by atoms with Crippen molar-refractivity contribution in [3.05, 3.63) is 59.6 Å². The van der Waals surface area contributed by atoms with Crippen LogP contribution in [-0.4, -0.2) is 25.5 Å². The highest BCUT2D eigenvalue weighted by Crippen LogP contribution is 2.27. The number of aromatic nitrogens is 4. The summed E-state index contributed by atoms with van der Waals surface area (Å²) in [4.78, 5) is 0. The van der Waals surface area contributed by atoms with Crippen molar-refractivity contribution >= 4 is 11.6 Å². The fourth-order valence-electron chi connectivity index (χ4n) is 2.25. The smallest absolute Gasteiger partial charge is 0.266 e. The SMILES string of the molecule is Oc1ccc(-c2nnc(-c3cc(-c4ccc(Cl)cc4)n[nH]3)o2)cc1. The molecule has 7 heteroatoms. The van der Waals surface area contributed by atoms with E-state index in [0.29, 0.717) is 22.5 Å². The van der Waals surface area contributed by atoms with E-state index in [9.17, 15) is 5.11 Å². The zero-order valence-corrected chi connectivity index (χ0v) is 13.0. The van der Waals surface area contributed by atoms with Gasteiger partial charge in [-0.2, -0.15) is 5.10 Å². The van der Waals surface area contributed by atoms with Crippen molar-refractivity contribution in [3.8, 4) is 40.0 Å². The molecule has 0 atom stereocenters. The van der Waals surface area contributed by atoms with E-state index >= 15 is 0 Å². The van der Waals surface area contributed by atoms with Crippen LogP contribution in [0.3, 0.4) is 0 Å². The van der Waals surface area contributed by atoms with Gasteiger partial charge in [-0.05, 0) is 42.5 Å². The summed E-state index contributed by atoms with van der Waals surface area (Å²) in [6.45, 7) is 0. The first-order chi connectivity index (χ1) is 11.7. The average molecular weight is 339 g/mol. The average Bonchev–Trinajstić information content (AvgIpc) is 3.25. The molecule has 0 aliphatic rings. The molecular formula is C17H11ClN4O2. The van der Waals surface area contributed by atoms with E-state index in [2.05, 4.69) is 20.4 Å². The van der Waals surface area contributed by atoms with E-state index in [1.807, 2.05) is 18.2 Å². The van der Waals surface area contributed by atoms with Gasteiger partial charge in [0.1, 0.15) is 11.4 Å². The van der Waals surface area contributed by atoms with Crippen LogP contribution in [0.4, 0.5) is 0 Å². The predicted molar refractivity (Wildman–Crippen MR) is 89.4 cm³/mol. The van der Waals surface area contributed by atoms with Crippen LogP contribution in [0, 0.1) is 0 Å². The number of benzene rings is 2. The molecule has 4 aromatic rings. The summed E-state index contributed by atoms with van der Waals surface area (Å²) >= 11 is 5.89. The van der Waals surface area contributed by atoms with Crippen LogP contribution < -0.4 is 0 Å². The molecule has 2 aromatic carbocycles. The van der Waals surface area contributed by atoms with E-state index < -0.39 is 0 Å². The van der Waals surface area contributed by atoms with Crippen LogP contribution in [0.2, 0.25) is 5.02 Å². The van der Waals surface area contributed by atoms with Crippen molar-refractivity contribution in [2.75, 3.05) is 0 Å². The number of nitrogens with one attached hydrogen (secondary N) is 1. The molecule has 24 heavy (non-hydrogen) atoms. The second-order valence-electron chi connectivity index (χ2n) is 5.13. The molecule has 4 rings (SSSR count). The molecule has 0 spiro atoms. The predicted octanol–water partition coefficient (Wildman–Crippen LogP) is 4.15. The first-order valence-electron chi connectivity index (χ1n) is 7.14. The lowest BCUT2D eigenvalue weighted by molar-refractivity contribution is 0.475. The Balaban J connectivity index is 1.63. The summed E-state index contributed by atoms with van der Waals surface area (Å²) in [6.07, 6.45) is 0. The highest BCUT2D eigenvalue weighted by atomic mass is 35.5. The molecule has 2 N–H and O–H groups in total. The summed E-state index contributed by atoms with van der Waals surface area (Å²) < 4.78 is 5.67. The number of H-pyrrole nitrogens is 1. The van der Waals surface area contributed by atoms with Crippen LogP contribution in [0.15, 0.2) is 59.0 Å². The first-order valence-corrected chi connectivity index (χ1v) is 7.51. The molecule has 0 aliphatic heterocycles. The number of aromatic amines is 1. The van der Waals surface area contributed by atoms with E-state index in [1.54, 1.807) is 36.4 Å². The Morgan fingerprint density at radius 3 is 2.29 bits per heavy atom. The third kappa shape index (κ3) is 2.75. The van der Waals surface area contributed by atoms with Gasteiger partial charge in [-0.25, -0.2) is 0 Å². The van der Waals surface area contributed by atoms with Gasteiger partial charge in [0.25, 0.3) is 5.89 Å². The lowest BCUT2D eigenvalue weighted by atomic mass is 10.1. The summed E-state index contributed by atoms with van der Waals surface area (Å²) in [6, 6.07) is 15.8. The highest BCUT2D eigenvalue weighted by molar-refractivity contribution is 6.30. The Hall–Kier alpha value is -3.12. The normalized spacial score (nSPS) is 10.9. The Morgan fingerprint density at radius 2 is 1.54 bits per heavy atom. The van der Waals surface area contributed by atoms with E-state index in [-0.39, 0.29) is 5.75 Å². The summed E-state index contributed by atoms with van der Waals surface area (Å²) in [7, 11) is 0. The van der Waals surface area contributed by atoms with Crippen LogP contribution in [-0.2, 0) is 0 Å². The van der Waals surface area contributed by atoms with Gasteiger partial charge in [-0.15, -0.1) is 10.2 Å². The summed E-state index contributed by atoms with van der Waals surface area (Å²) in [5.41, 5.74) is 3.03. The molecule has 0 amide bonds. The minimum absolute atomic E-state index is 0.180. The monoisotopic (exact) mass is 338 g/mol. The Labute approximate surface area is 141 Å². The lowest BCUT2D eigenvalue weighted by Gasteiger charge is -1.95. The van der Waals surface area contributed by atoms with Crippen molar-refractivity contribution in [2.24, 2.45) is 0 Å². The largest absolute Gasteiger partial charge is 0.508 e. The molecule has 0 bridgehead atoms. The topological polar surface area (TPSA) is 87.8 Å². The van der Waals surface area contributed by atoms with Crippen LogP contribution >= 0.6 is 11.6 Å². The molecule has 2 aromatic heterocycles. The standard InChI is InChI=1S/C17H11ClN4O2/c18-12-5-1-10(2-6-12)14-9-15(20-19-14)17-22-21-16(24-17)11-3-7-13(23)8-4-11/h1-9,23H,(H,19,20). The third-order valence-electron chi connectivity index (χ3n) is 3.49. The molecular weight excluding hydrogens is 328 g/mol. The highest BCUT2D eigenvalue weighted by Gasteiger charge is 2.13. The number of hydrogen-bond donors (Lipinski definition) is 2. The van der Waals surface area contributed by atoms with E-state index in [4.69, 9.17) is 16.0 Å². The fraction of sp³-hybridized carbons (Fsp3) is 0. The molecule has 2 heterocycles. The zero-order chi connectivity index (χ0) is 16.5. The number of halogens is 1. The van der Waals surface area contributed by atoms with Gasteiger partial charge in [0.15, 0.2) is 0 Å². The Bertz CT molecular complexity index is 893. The van der Waals surface area contributed by atoms with Crippen molar-refractivity contribution in [2.45, 2.75) is 0 Å². The van der Waals surface area contributed by atoms with Crippen molar-refractivity contribution in [1.82, 2.24) is 20.4 Å². The molecule has 6 nitrogen and oxygen atoms in total. The molecule has 0 aliphatic carbocycles. The molecule has 0 fully saturated rings. The van der Waals surface area contributed by atoms with Gasteiger partial charge in [-0.1, -0.05) is 23.7 Å². The fourth-order valence-corrected chi connectivity index (χ4v) is 2.38. The molecule has 0 unspecified atom stereocenters. The quantitative estimate of drug-likeness (QED) is 0.585. The molecule has 0 saturated heterocycles. The minimum Gasteiger partial charge on any atom is -0.508 e. The third-order valence-corrected chi connectivity index (χ3v) is 3.74. The minimum atomic E-state index is 0.180. The van der Waals surface area contributed by atoms with Gasteiger partial charge >= 0.3 is 0 Å². The van der Waals surface area contributed by atoms with Crippen molar-refractivity contribution < 1.29 is 9.52 Å². The maximum atomic E-state index is 9.33. The summed E-state index contributed by atoms with van der Waals surface area (Å²) in [5.74, 6) is 0.887. The van der Waals surface area contributed by atoms with Gasteiger partial charge in [0, 0.05) is 16.1 Å². The van der Waals surface area contributed by atoms with Gasteiger partial charge in [0.05, 0.1) is 5.69 Å². The molecule has 0 radical (unpaired) electrons. The van der Waals surface area contributed by atoms with Crippen LogP contribution in [0.25, 0.3) is 34.3 Å². The number of hydrogen-bond acceptors (Lipinski definition) is 5. The lowest BCUT2D eigenvalue weighted by Crippen LogP contribution is -1.77. The second-order valence-corrected chi connectivity index (χ2v) is 5.57. The van der Waals surface area contributed by atoms with Gasteiger partial charge in [-0.3, -0.25) is 5.10 Å². The number of rotatable bonds is 3. The first kappa shape index (κ1) is 14.5. The Kier molecular flexibility index (Phi) is 3.51. The Morgan fingerprint density at radius 1 is 0.875 bits per heavy atom. The number of phenolic OH excluding ortho intramolecular Hbond substituents is 1. The number of nitrogens with zero attached hydrogens (tertiary/aromatic N) is 3. The molecule has 0 saturated carbocycles. The van der Waals surface area contributed by atoms with Crippen LogP contribution in [0.5, 0.6) is 5.75 Å².